The molecule has 61 heavy (non-hydrogen) atoms. The molecule has 3 N–H and O–H groups in total. The highest BCUT2D eigenvalue weighted by molar-refractivity contribution is 5.75. The van der Waals surface area contributed by atoms with E-state index in [0.29, 0.717) is 25.3 Å². The molecule has 0 aliphatic carbocycles. The molecule has 2 rings (SSSR count). The number of carboxylic acids is 2. The van der Waals surface area contributed by atoms with Crippen LogP contribution in [0.1, 0.15) is 79.9 Å². The van der Waals surface area contributed by atoms with E-state index in [2.05, 4.69) is 5.32 Å². The summed E-state index contributed by atoms with van der Waals surface area (Å²) >= 11 is 0. The largest absolute Gasteiger partial charge is 0.494 e. The Hall–Kier alpha value is -5.26. The minimum Gasteiger partial charge on any atom is -0.494 e. The number of alkyl carbamates (subject to hydrolysis) is 1. The predicted molar refractivity (Wildman–Crippen MR) is 226 cm³/mol. The Kier molecular flexibility index (Phi) is 21.1. The van der Waals surface area contributed by atoms with Crippen LogP contribution in [-0.2, 0) is 55.9 Å². The van der Waals surface area contributed by atoms with E-state index in [9.17, 15) is 39.0 Å². The van der Waals surface area contributed by atoms with Gasteiger partial charge in [-0.25, -0.2) is 4.79 Å². The normalized spacial score (nSPS) is 12.5. The van der Waals surface area contributed by atoms with Crippen molar-refractivity contribution >= 4 is 35.9 Å². The fourth-order valence-corrected chi connectivity index (χ4v) is 5.89. The number of benzene rings is 2. The van der Waals surface area contributed by atoms with E-state index >= 15 is 0 Å². The van der Waals surface area contributed by atoms with Crippen molar-refractivity contribution in [3.8, 4) is 5.75 Å². The molecule has 1 unspecified atom stereocenters. The van der Waals surface area contributed by atoms with E-state index in [1.807, 2.05) is 42.5 Å². The summed E-state index contributed by atoms with van der Waals surface area (Å²) in [6, 6.07) is 15.7. The zero-order valence-corrected chi connectivity index (χ0v) is 37.2. The van der Waals surface area contributed by atoms with Crippen LogP contribution < -0.4 is 10.1 Å². The molecule has 17 heteroatoms. The molecule has 0 aliphatic heterocycles. The van der Waals surface area contributed by atoms with Gasteiger partial charge in [0.25, 0.3) is 0 Å². The zero-order chi connectivity index (χ0) is 45.8. The fraction of sp³-hybridized carbons (Fsp3) is 0.591. The van der Waals surface area contributed by atoms with Crippen LogP contribution in [0.2, 0.25) is 0 Å². The van der Waals surface area contributed by atoms with E-state index < -0.39 is 71.9 Å². The van der Waals surface area contributed by atoms with Crippen molar-refractivity contribution < 1.29 is 62.7 Å². The Labute approximate surface area is 359 Å². The number of hydrogen-bond acceptors (Lipinski definition) is 14. The van der Waals surface area contributed by atoms with Gasteiger partial charge in [-0.05, 0) is 98.4 Å². The predicted octanol–water partition coefficient (Wildman–Crippen LogP) is 4.39. The Morgan fingerprint density at radius 3 is 1.66 bits per heavy atom. The van der Waals surface area contributed by atoms with Gasteiger partial charge in [-0.2, -0.15) is 0 Å². The van der Waals surface area contributed by atoms with Crippen molar-refractivity contribution in [2.75, 3.05) is 65.5 Å². The topological polar surface area (TPSA) is 211 Å². The molecular weight excluding hydrogens is 792 g/mol. The van der Waals surface area contributed by atoms with Crippen molar-refractivity contribution in [1.82, 2.24) is 20.0 Å². The SMILES string of the molecule is CC(C)(C)OC(=O)CN(CCN(CC(=O)OC(C)(C)C)CC(Cc1ccc(OCCCNC(=O)OCc2ccccc2)cc1)N(CC(=O)O)CC(=O)OC(C)(C)C)CC(=O)O. The summed E-state index contributed by atoms with van der Waals surface area (Å²) in [6.45, 7) is 14.3. The summed E-state index contributed by atoms with van der Waals surface area (Å²) in [5.41, 5.74) is -0.832. The molecule has 0 aromatic heterocycles. The molecule has 0 aliphatic rings. The van der Waals surface area contributed by atoms with Crippen LogP contribution >= 0.6 is 0 Å². The van der Waals surface area contributed by atoms with Crippen LogP contribution in [0.15, 0.2) is 54.6 Å². The first kappa shape index (κ1) is 51.9. The lowest BCUT2D eigenvalue weighted by atomic mass is 10.0. The number of carboxylic acid groups (broad SMARTS) is 2. The second kappa shape index (κ2) is 24.9. The number of esters is 3. The van der Waals surface area contributed by atoms with Crippen LogP contribution in [0.3, 0.4) is 0 Å². The molecule has 0 spiro atoms. The van der Waals surface area contributed by atoms with E-state index in [4.69, 9.17) is 23.7 Å². The van der Waals surface area contributed by atoms with E-state index in [0.717, 1.165) is 11.1 Å². The quantitative estimate of drug-likeness (QED) is 0.0718. The highest BCUT2D eigenvalue weighted by Crippen LogP contribution is 2.19. The van der Waals surface area contributed by atoms with Gasteiger partial charge in [0.15, 0.2) is 0 Å². The summed E-state index contributed by atoms with van der Waals surface area (Å²) in [7, 11) is 0. The first-order chi connectivity index (χ1) is 28.4. The third kappa shape index (κ3) is 25.2. The van der Waals surface area contributed by atoms with Gasteiger partial charge in [0, 0.05) is 32.2 Å². The Morgan fingerprint density at radius 2 is 1.13 bits per heavy atom. The number of nitrogens with one attached hydrogen (secondary N) is 1. The van der Waals surface area contributed by atoms with Gasteiger partial charge in [-0.15, -0.1) is 0 Å². The molecule has 0 heterocycles. The zero-order valence-electron chi connectivity index (χ0n) is 37.2. The van der Waals surface area contributed by atoms with E-state index in [1.165, 1.54) is 9.80 Å². The molecule has 0 fully saturated rings. The molecule has 2 aromatic rings. The lowest BCUT2D eigenvalue weighted by Crippen LogP contribution is -2.52. The number of nitrogens with zero attached hydrogens (tertiary/aromatic N) is 3. The van der Waals surface area contributed by atoms with Gasteiger partial charge < -0.3 is 39.2 Å². The number of carbonyl (C=O) groups excluding carboxylic acids is 4. The first-order valence-electron chi connectivity index (χ1n) is 20.3. The average Bonchev–Trinajstić information content (AvgIpc) is 3.10. The molecule has 0 bridgehead atoms. The summed E-state index contributed by atoms with van der Waals surface area (Å²) in [6.07, 6.45) is 0.190. The molecule has 0 saturated heterocycles. The van der Waals surface area contributed by atoms with Crippen LogP contribution in [0, 0.1) is 0 Å². The van der Waals surface area contributed by atoms with Gasteiger partial charge in [-0.1, -0.05) is 42.5 Å². The molecule has 1 atom stereocenters. The van der Waals surface area contributed by atoms with Gasteiger partial charge in [-0.3, -0.25) is 38.7 Å². The monoisotopic (exact) mass is 858 g/mol. The summed E-state index contributed by atoms with van der Waals surface area (Å²) in [4.78, 5) is 79.8. The van der Waals surface area contributed by atoms with Crippen molar-refractivity contribution in [3.05, 3.63) is 65.7 Å². The van der Waals surface area contributed by atoms with Gasteiger partial charge in [0.2, 0.25) is 0 Å². The second-order valence-corrected chi connectivity index (χ2v) is 17.6. The van der Waals surface area contributed by atoms with Crippen LogP contribution in [-0.4, -0.2) is 149 Å². The van der Waals surface area contributed by atoms with Crippen LogP contribution in [0.4, 0.5) is 4.79 Å². The summed E-state index contributed by atoms with van der Waals surface area (Å²) < 4.78 is 27.7. The Balaban J connectivity index is 2.30. The maximum Gasteiger partial charge on any atom is 0.407 e. The molecule has 0 saturated carbocycles. The molecule has 2 aromatic carbocycles. The highest BCUT2D eigenvalue weighted by atomic mass is 16.6. The van der Waals surface area contributed by atoms with E-state index in [-0.39, 0.29) is 52.3 Å². The smallest absolute Gasteiger partial charge is 0.407 e. The molecular formula is C44H66N4O13. The third-order valence-electron chi connectivity index (χ3n) is 8.18. The minimum atomic E-state index is -1.19. The number of aliphatic carboxylic acids is 2. The lowest BCUT2D eigenvalue weighted by Gasteiger charge is -2.35. The van der Waals surface area contributed by atoms with Gasteiger partial charge >= 0.3 is 35.9 Å². The molecule has 340 valence electrons. The molecule has 1 amide bonds. The standard InChI is InChI=1S/C44H66N4O13/c1-42(2,3)59-38(53)28-46(21-22-47(26-36(49)50)29-39(54)60-43(4,5)6)25-34(48(27-37(51)52)30-40(55)61-44(7,8)9)24-32-16-18-35(19-17-32)57-23-13-20-45-41(56)58-31-33-14-11-10-12-15-33/h10-12,14-19,34H,13,20-31H2,1-9H3,(H,45,56)(H,49,50)(H,51,52). The number of ether oxygens (including phenoxy) is 5. The average molecular weight is 859 g/mol. The lowest BCUT2D eigenvalue weighted by molar-refractivity contribution is -0.159. The number of hydrogen-bond donors (Lipinski definition) is 3. The Bertz CT molecular complexity index is 1700. The maximum absolute atomic E-state index is 13.3. The molecule has 17 nitrogen and oxygen atoms in total. The fourth-order valence-electron chi connectivity index (χ4n) is 5.89. The van der Waals surface area contributed by atoms with Crippen LogP contribution in [0.25, 0.3) is 0 Å². The van der Waals surface area contributed by atoms with Gasteiger partial charge in [0.05, 0.1) is 39.3 Å². The second-order valence-electron chi connectivity index (χ2n) is 17.6. The Morgan fingerprint density at radius 1 is 0.623 bits per heavy atom. The summed E-state index contributed by atoms with van der Waals surface area (Å²) in [5.74, 6) is -3.67. The third-order valence-corrected chi connectivity index (χ3v) is 8.18. The van der Waals surface area contributed by atoms with Crippen molar-refractivity contribution in [1.29, 1.82) is 0 Å². The molecule has 0 radical (unpaired) electrons. The number of carbonyl (C=O) groups is 6. The van der Waals surface area contributed by atoms with Gasteiger partial charge in [0.1, 0.15) is 29.2 Å². The van der Waals surface area contributed by atoms with Crippen molar-refractivity contribution in [3.63, 3.8) is 0 Å². The first-order valence-corrected chi connectivity index (χ1v) is 20.3. The summed E-state index contributed by atoms with van der Waals surface area (Å²) in [5, 5.41) is 22.3. The van der Waals surface area contributed by atoms with E-state index in [1.54, 1.807) is 79.3 Å². The van der Waals surface area contributed by atoms with Crippen LogP contribution in [0.5, 0.6) is 5.75 Å². The van der Waals surface area contributed by atoms with Crippen molar-refractivity contribution in [2.24, 2.45) is 0 Å². The number of rotatable bonds is 25. The minimum absolute atomic E-state index is 0.0164. The number of amides is 1. The maximum atomic E-state index is 13.3. The highest BCUT2D eigenvalue weighted by Gasteiger charge is 2.30. The van der Waals surface area contributed by atoms with Crippen molar-refractivity contribution in [2.45, 2.75) is 105 Å².